The average molecular weight is 437 g/mol. The molecular weight excluding hydrogens is 404 g/mol. The molecule has 0 unspecified atom stereocenters. The molecule has 0 saturated heterocycles. The highest BCUT2D eigenvalue weighted by Crippen LogP contribution is 2.47. The van der Waals surface area contributed by atoms with E-state index in [4.69, 9.17) is 18.9 Å². The Labute approximate surface area is 190 Å². The summed E-state index contributed by atoms with van der Waals surface area (Å²) in [6.45, 7) is 8.34. The van der Waals surface area contributed by atoms with Gasteiger partial charge in [0.05, 0.1) is 19.8 Å². The fourth-order valence-corrected chi connectivity index (χ4v) is 4.35. The minimum absolute atomic E-state index is 0.101. The van der Waals surface area contributed by atoms with Crippen molar-refractivity contribution in [3.8, 4) is 23.0 Å². The van der Waals surface area contributed by atoms with Crippen LogP contribution in [0.2, 0.25) is 0 Å². The van der Waals surface area contributed by atoms with E-state index < -0.39 is 0 Å². The summed E-state index contributed by atoms with van der Waals surface area (Å²) in [6.07, 6.45) is 6.85. The lowest BCUT2D eigenvalue weighted by Crippen LogP contribution is -2.37. The Morgan fingerprint density at radius 2 is 1.62 bits per heavy atom. The zero-order valence-corrected chi connectivity index (χ0v) is 19.8. The minimum Gasteiger partial charge on any atom is -0.497 e. The van der Waals surface area contributed by atoms with Crippen molar-refractivity contribution in [2.45, 2.75) is 64.6 Å². The number of ketones is 1. The molecule has 5 nitrogen and oxygen atoms in total. The Kier molecular flexibility index (Phi) is 5.70. The van der Waals surface area contributed by atoms with Gasteiger partial charge in [0, 0.05) is 11.1 Å². The quantitative estimate of drug-likeness (QED) is 0.437. The standard InChI is InChI=1S/C27H32O5/c1-26(2)13-11-18-16-21(25-20(24(18)31-26)12-14-27(3,4)32-25)22(28)9-7-17-15-19(29-5)8-10-23(17)30-6/h7-10,15-16H,11-14H2,1-6H3/b9-7+. The van der Waals surface area contributed by atoms with Gasteiger partial charge in [-0.25, -0.2) is 0 Å². The third-order valence-electron chi connectivity index (χ3n) is 6.25. The third-order valence-corrected chi connectivity index (χ3v) is 6.25. The predicted octanol–water partition coefficient (Wildman–Crippen LogP) is 5.81. The molecule has 0 aliphatic carbocycles. The van der Waals surface area contributed by atoms with Crippen molar-refractivity contribution in [2.75, 3.05) is 14.2 Å². The molecule has 4 rings (SSSR count). The lowest BCUT2D eigenvalue weighted by molar-refractivity contribution is 0.0655. The molecule has 0 N–H and O–H groups in total. The molecule has 2 aliphatic heterocycles. The van der Waals surface area contributed by atoms with Crippen molar-refractivity contribution >= 4 is 11.9 Å². The molecular formula is C27H32O5. The van der Waals surface area contributed by atoms with Gasteiger partial charge in [0.15, 0.2) is 5.78 Å². The number of benzene rings is 2. The Balaban J connectivity index is 1.75. The lowest BCUT2D eigenvalue weighted by atomic mass is 9.85. The highest BCUT2D eigenvalue weighted by molar-refractivity contribution is 6.09. The maximum Gasteiger partial charge on any atom is 0.189 e. The smallest absolute Gasteiger partial charge is 0.189 e. The fraction of sp³-hybridized carbons (Fsp3) is 0.444. The summed E-state index contributed by atoms with van der Waals surface area (Å²) in [5.74, 6) is 2.84. The van der Waals surface area contributed by atoms with Crippen molar-refractivity contribution in [2.24, 2.45) is 0 Å². The summed E-state index contributed by atoms with van der Waals surface area (Å²) in [4.78, 5) is 13.4. The van der Waals surface area contributed by atoms with Crippen molar-refractivity contribution < 1.29 is 23.7 Å². The number of hydrogen-bond donors (Lipinski definition) is 0. The Morgan fingerprint density at radius 3 is 2.31 bits per heavy atom. The second kappa shape index (κ2) is 8.19. The van der Waals surface area contributed by atoms with Gasteiger partial charge in [-0.2, -0.15) is 0 Å². The van der Waals surface area contributed by atoms with Crippen LogP contribution >= 0.6 is 0 Å². The van der Waals surface area contributed by atoms with Gasteiger partial charge in [0.25, 0.3) is 0 Å². The van der Waals surface area contributed by atoms with Gasteiger partial charge < -0.3 is 18.9 Å². The van der Waals surface area contributed by atoms with Gasteiger partial charge in [-0.05, 0) is 95.4 Å². The van der Waals surface area contributed by atoms with Gasteiger partial charge in [0.1, 0.15) is 34.2 Å². The van der Waals surface area contributed by atoms with E-state index in [1.165, 1.54) is 0 Å². The molecule has 0 aromatic heterocycles. The van der Waals surface area contributed by atoms with Gasteiger partial charge in [0.2, 0.25) is 0 Å². The molecule has 0 saturated carbocycles. The molecule has 0 amide bonds. The summed E-state index contributed by atoms with van der Waals surface area (Å²) in [5.41, 5.74) is 2.92. The highest BCUT2D eigenvalue weighted by atomic mass is 16.5. The van der Waals surface area contributed by atoms with E-state index in [1.807, 2.05) is 24.3 Å². The van der Waals surface area contributed by atoms with Gasteiger partial charge in [-0.15, -0.1) is 0 Å². The summed E-state index contributed by atoms with van der Waals surface area (Å²) in [7, 11) is 3.22. The first-order valence-corrected chi connectivity index (χ1v) is 11.1. The van der Waals surface area contributed by atoms with Gasteiger partial charge in [-0.1, -0.05) is 0 Å². The van der Waals surface area contributed by atoms with E-state index in [2.05, 4.69) is 27.7 Å². The second-order valence-corrected chi connectivity index (χ2v) is 9.75. The molecule has 2 aliphatic rings. The first-order valence-electron chi connectivity index (χ1n) is 11.1. The summed E-state index contributed by atoms with van der Waals surface area (Å²) < 4.78 is 23.5. The van der Waals surface area contributed by atoms with Crippen molar-refractivity contribution in [1.82, 2.24) is 0 Å². The molecule has 170 valence electrons. The largest absolute Gasteiger partial charge is 0.497 e. The molecule has 0 atom stereocenters. The molecule has 2 heterocycles. The molecule has 0 fully saturated rings. The molecule has 2 aromatic carbocycles. The molecule has 0 spiro atoms. The van der Waals surface area contributed by atoms with Crippen LogP contribution in [0.3, 0.4) is 0 Å². The second-order valence-electron chi connectivity index (χ2n) is 9.75. The van der Waals surface area contributed by atoms with E-state index in [0.29, 0.717) is 22.8 Å². The Bertz CT molecular complexity index is 1080. The first-order chi connectivity index (χ1) is 15.1. The van der Waals surface area contributed by atoms with Crippen LogP contribution in [-0.2, 0) is 12.8 Å². The number of aryl methyl sites for hydroxylation is 1. The van der Waals surface area contributed by atoms with E-state index >= 15 is 0 Å². The first kappa shape index (κ1) is 22.3. The molecule has 32 heavy (non-hydrogen) atoms. The zero-order valence-electron chi connectivity index (χ0n) is 19.8. The normalized spacial score (nSPS) is 18.2. The van der Waals surface area contributed by atoms with Gasteiger partial charge in [-0.3, -0.25) is 4.79 Å². The third kappa shape index (κ3) is 4.34. The van der Waals surface area contributed by atoms with Crippen molar-refractivity contribution in [1.29, 1.82) is 0 Å². The van der Waals surface area contributed by atoms with Crippen molar-refractivity contribution in [3.63, 3.8) is 0 Å². The average Bonchev–Trinajstić information content (AvgIpc) is 2.75. The number of carbonyl (C=O) groups excluding carboxylic acids is 1. The van der Waals surface area contributed by atoms with Crippen LogP contribution in [0.5, 0.6) is 23.0 Å². The summed E-state index contributed by atoms with van der Waals surface area (Å²) in [5, 5.41) is 0. The Hall–Kier alpha value is -2.95. The number of fused-ring (bicyclic) bond motifs is 3. The van der Waals surface area contributed by atoms with Crippen LogP contribution in [0, 0.1) is 0 Å². The van der Waals surface area contributed by atoms with E-state index in [9.17, 15) is 4.79 Å². The van der Waals surface area contributed by atoms with Crippen LogP contribution < -0.4 is 18.9 Å². The lowest BCUT2D eigenvalue weighted by Gasteiger charge is -2.39. The zero-order chi connectivity index (χ0) is 23.1. The van der Waals surface area contributed by atoms with Crippen LogP contribution in [0.4, 0.5) is 0 Å². The van der Waals surface area contributed by atoms with Crippen LogP contribution in [0.1, 0.15) is 67.6 Å². The maximum atomic E-state index is 13.4. The predicted molar refractivity (Wildman–Crippen MR) is 125 cm³/mol. The van der Waals surface area contributed by atoms with E-state index in [1.54, 1.807) is 26.4 Å². The molecule has 0 radical (unpaired) electrons. The molecule has 0 bridgehead atoms. The van der Waals surface area contributed by atoms with Crippen LogP contribution in [0.25, 0.3) is 6.08 Å². The number of methoxy groups -OCH3 is 2. The molecule has 2 aromatic rings. The number of ether oxygens (including phenoxy) is 4. The van der Waals surface area contributed by atoms with Crippen LogP contribution in [0.15, 0.2) is 30.3 Å². The SMILES string of the molecule is COc1ccc(OC)c(/C=C/C(=O)c2cc3c(c4c2OC(C)(C)CC4)OC(C)(C)CC3)c1. The van der Waals surface area contributed by atoms with E-state index in [0.717, 1.165) is 48.1 Å². The van der Waals surface area contributed by atoms with Gasteiger partial charge >= 0.3 is 0 Å². The fourth-order valence-electron chi connectivity index (χ4n) is 4.35. The number of hydrogen-bond acceptors (Lipinski definition) is 5. The maximum absolute atomic E-state index is 13.4. The number of rotatable bonds is 5. The van der Waals surface area contributed by atoms with E-state index in [-0.39, 0.29) is 17.0 Å². The number of carbonyl (C=O) groups is 1. The van der Waals surface area contributed by atoms with Crippen LogP contribution in [-0.4, -0.2) is 31.2 Å². The summed E-state index contributed by atoms with van der Waals surface area (Å²) in [6, 6.07) is 7.46. The monoisotopic (exact) mass is 436 g/mol. The minimum atomic E-state index is -0.333. The highest BCUT2D eigenvalue weighted by Gasteiger charge is 2.36. The topological polar surface area (TPSA) is 54.0 Å². The van der Waals surface area contributed by atoms with Crippen molar-refractivity contribution in [3.05, 3.63) is 52.6 Å². The molecule has 5 heteroatoms. The number of allylic oxidation sites excluding steroid dienone is 1. The summed E-state index contributed by atoms with van der Waals surface area (Å²) >= 11 is 0. The Morgan fingerprint density at radius 1 is 0.938 bits per heavy atom.